The van der Waals surface area contributed by atoms with Crippen LogP contribution in [0.3, 0.4) is 0 Å². The summed E-state index contributed by atoms with van der Waals surface area (Å²) in [6.07, 6.45) is 3.88. The molecule has 0 saturated carbocycles. The molecule has 1 aromatic heterocycles. The van der Waals surface area contributed by atoms with Crippen LogP contribution in [0.25, 0.3) is 0 Å². The first kappa shape index (κ1) is 17.9. The number of ether oxygens (including phenoxy) is 3. The number of methoxy groups -OCH3 is 1. The van der Waals surface area contributed by atoms with Gasteiger partial charge in [0.1, 0.15) is 23.8 Å². The minimum Gasteiger partial charge on any atom is -0.490 e. The second kappa shape index (κ2) is 8.47. The van der Waals surface area contributed by atoms with Gasteiger partial charge in [-0.15, -0.1) is 0 Å². The largest absolute Gasteiger partial charge is 0.490 e. The van der Waals surface area contributed by atoms with Crippen LogP contribution in [0.5, 0.6) is 5.75 Å². The van der Waals surface area contributed by atoms with E-state index in [9.17, 15) is 0 Å². The number of hydrogen-bond donors (Lipinski definition) is 0. The van der Waals surface area contributed by atoms with Gasteiger partial charge in [0, 0.05) is 39.1 Å². The Morgan fingerprint density at radius 2 is 2.12 bits per heavy atom. The zero-order chi connectivity index (χ0) is 17.5. The van der Waals surface area contributed by atoms with Crippen molar-refractivity contribution in [3.8, 4) is 5.75 Å². The number of para-hydroxylation sites is 1. The summed E-state index contributed by atoms with van der Waals surface area (Å²) in [5.74, 6) is 1.91. The van der Waals surface area contributed by atoms with Crippen LogP contribution in [0, 0.1) is 0 Å². The molecule has 1 atom stereocenters. The normalized spacial score (nSPS) is 21.8. The lowest BCUT2D eigenvalue weighted by atomic mass is 10.1. The predicted octanol–water partition coefficient (Wildman–Crippen LogP) is 2.20. The van der Waals surface area contributed by atoms with Crippen LogP contribution in [0.4, 0.5) is 0 Å². The number of nitrogens with zero attached hydrogens (tertiary/aromatic N) is 3. The van der Waals surface area contributed by atoms with Gasteiger partial charge in [-0.25, -0.2) is 4.98 Å². The van der Waals surface area contributed by atoms with E-state index in [0.717, 1.165) is 37.8 Å². The Bertz CT molecular complexity index is 646. The number of aromatic nitrogens is 2. The molecule has 25 heavy (non-hydrogen) atoms. The molecule has 2 heterocycles. The maximum absolute atomic E-state index is 5.97. The number of aryl methyl sites for hydroxylation is 1. The standard InChI is InChI=1S/C19H27N3O3/c1-3-22-10-9-20-18(22)13-21-11-12-24-15-19(14-21,23-2)16-25-17-7-5-4-6-8-17/h4-10H,3,11-16H2,1-2H3. The third-order valence-electron chi connectivity index (χ3n) is 4.61. The highest BCUT2D eigenvalue weighted by molar-refractivity contribution is 5.21. The Morgan fingerprint density at radius 1 is 1.28 bits per heavy atom. The minimum atomic E-state index is -0.490. The van der Waals surface area contributed by atoms with Crippen LogP contribution in [0.2, 0.25) is 0 Å². The van der Waals surface area contributed by atoms with Gasteiger partial charge in [0.2, 0.25) is 0 Å². The van der Waals surface area contributed by atoms with E-state index in [1.54, 1.807) is 7.11 Å². The molecule has 1 aliphatic heterocycles. The molecule has 6 heteroatoms. The summed E-state index contributed by atoms with van der Waals surface area (Å²) >= 11 is 0. The lowest BCUT2D eigenvalue weighted by Crippen LogP contribution is -2.50. The van der Waals surface area contributed by atoms with E-state index in [1.807, 2.05) is 42.7 Å². The molecule has 6 nitrogen and oxygen atoms in total. The zero-order valence-electron chi connectivity index (χ0n) is 15.1. The van der Waals surface area contributed by atoms with Gasteiger partial charge < -0.3 is 18.8 Å². The SMILES string of the molecule is CCn1ccnc1CN1CCOCC(COc2ccccc2)(OC)C1. The zero-order valence-corrected chi connectivity index (χ0v) is 15.1. The third kappa shape index (κ3) is 4.60. The van der Waals surface area contributed by atoms with E-state index in [-0.39, 0.29) is 0 Å². The van der Waals surface area contributed by atoms with Crippen molar-refractivity contribution in [2.75, 3.05) is 40.0 Å². The minimum absolute atomic E-state index is 0.451. The van der Waals surface area contributed by atoms with Crippen LogP contribution in [-0.2, 0) is 22.6 Å². The molecular formula is C19H27N3O3. The molecule has 0 aliphatic carbocycles. The molecule has 1 saturated heterocycles. The van der Waals surface area contributed by atoms with Gasteiger partial charge in [-0.05, 0) is 19.1 Å². The summed E-state index contributed by atoms with van der Waals surface area (Å²) in [4.78, 5) is 6.82. The molecule has 0 spiro atoms. The van der Waals surface area contributed by atoms with Crippen LogP contribution >= 0.6 is 0 Å². The van der Waals surface area contributed by atoms with Gasteiger partial charge in [-0.3, -0.25) is 4.90 Å². The quantitative estimate of drug-likeness (QED) is 0.770. The fraction of sp³-hybridized carbons (Fsp3) is 0.526. The van der Waals surface area contributed by atoms with E-state index < -0.39 is 5.60 Å². The van der Waals surface area contributed by atoms with Gasteiger partial charge in [-0.2, -0.15) is 0 Å². The van der Waals surface area contributed by atoms with Crippen LogP contribution in [0.15, 0.2) is 42.7 Å². The monoisotopic (exact) mass is 345 g/mol. The second-order valence-electron chi connectivity index (χ2n) is 6.38. The molecule has 1 aromatic carbocycles. The smallest absolute Gasteiger partial charge is 0.137 e. The molecule has 3 rings (SSSR count). The molecular weight excluding hydrogens is 318 g/mol. The van der Waals surface area contributed by atoms with Crippen molar-refractivity contribution in [2.45, 2.75) is 25.6 Å². The second-order valence-corrected chi connectivity index (χ2v) is 6.38. The highest BCUT2D eigenvalue weighted by Gasteiger charge is 2.36. The first-order valence-electron chi connectivity index (χ1n) is 8.78. The summed E-state index contributed by atoms with van der Waals surface area (Å²) in [5, 5.41) is 0. The molecule has 1 aliphatic rings. The summed E-state index contributed by atoms with van der Waals surface area (Å²) in [6.45, 7) is 7.08. The molecule has 0 radical (unpaired) electrons. The fourth-order valence-electron chi connectivity index (χ4n) is 3.10. The van der Waals surface area contributed by atoms with Gasteiger partial charge in [0.15, 0.2) is 0 Å². The summed E-state index contributed by atoms with van der Waals surface area (Å²) < 4.78 is 19.8. The van der Waals surface area contributed by atoms with E-state index in [1.165, 1.54) is 0 Å². The van der Waals surface area contributed by atoms with Crippen LogP contribution in [0.1, 0.15) is 12.7 Å². The summed E-state index contributed by atoms with van der Waals surface area (Å²) in [7, 11) is 1.73. The highest BCUT2D eigenvalue weighted by atomic mass is 16.6. The fourth-order valence-corrected chi connectivity index (χ4v) is 3.10. The van der Waals surface area contributed by atoms with E-state index >= 15 is 0 Å². The van der Waals surface area contributed by atoms with Gasteiger partial charge in [-0.1, -0.05) is 18.2 Å². The van der Waals surface area contributed by atoms with Crippen molar-refractivity contribution in [2.24, 2.45) is 0 Å². The maximum atomic E-state index is 5.97. The van der Waals surface area contributed by atoms with Crippen molar-refractivity contribution in [3.63, 3.8) is 0 Å². The number of imidazole rings is 1. The average Bonchev–Trinajstić information content (AvgIpc) is 3.00. The van der Waals surface area contributed by atoms with Gasteiger partial charge >= 0.3 is 0 Å². The molecule has 1 fully saturated rings. The molecule has 0 N–H and O–H groups in total. The highest BCUT2D eigenvalue weighted by Crippen LogP contribution is 2.20. The molecule has 2 aromatic rings. The van der Waals surface area contributed by atoms with Crippen molar-refractivity contribution in [1.82, 2.24) is 14.5 Å². The van der Waals surface area contributed by atoms with Crippen LogP contribution < -0.4 is 4.74 Å². The van der Waals surface area contributed by atoms with Crippen molar-refractivity contribution >= 4 is 0 Å². The number of rotatable bonds is 7. The molecule has 136 valence electrons. The Kier molecular flexibility index (Phi) is 6.07. The van der Waals surface area contributed by atoms with Crippen molar-refractivity contribution in [1.29, 1.82) is 0 Å². The molecule has 1 unspecified atom stereocenters. The van der Waals surface area contributed by atoms with Gasteiger partial charge in [0.05, 0.1) is 19.8 Å². The van der Waals surface area contributed by atoms with E-state index in [4.69, 9.17) is 14.2 Å². The predicted molar refractivity (Wildman–Crippen MR) is 95.7 cm³/mol. The first-order chi connectivity index (χ1) is 12.2. The topological polar surface area (TPSA) is 48.8 Å². The number of benzene rings is 1. The van der Waals surface area contributed by atoms with Crippen LogP contribution in [-0.4, -0.2) is 60.1 Å². The van der Waals surface area contributed by atoms with E-state index in [0.29, 0.717) is 19.8 Å². The Balaban J connectivity index is 1.67. The Labute approximate surface area is 149 Å². The molecule has 0 bridgehead atoms. The first-order valence-corrected chi connectivity index (χ1v) is 8.78. The Hall–Kier alpha value is -1.89. The Morgan fingerprint density at radius 3 is 2.88 bits per heavy atom. The van der Waals surface area contributed by atoms with Gasteiger partial charge in [0.25, 0.3) is 0 Å². The number of hydrogen-bond acceptors (Lipinski definition) is 5. The van der Waals surface area contributed by atoms with E-state index in [2.05, 4.69) is 21.4 Å². The summed E-state index contributed by atoms with van der Waals surface area (Å²) in [6, 6.07) is 9.82. The van der Waals surface area contributed by atoms with Crippen molar-refractivity contribution in [3.05, 3.63) is 48.5 Å². The molecule has 0 amide bonds. The summed E-state index contributed by atoms with van der Waals surface area (Å²) in [5.41, 5.74) is -0.490. The lowest BCUT2D eigenvalue weighted by molar-refractivity contribution is -0.0927. The lowest BCUT2D eigenvalue weighted by Gasteiger charge is -2.33. The van der Waals surface area contributed by atoms with Crippen molar-refractivity contribution < 1.29 is 14.2 Å². The third-order valence-corrected chi connectivity index (χ3v) is 4.61. The maximum Gasteiger partial charge on any atom is 0.137 e. The average molecular weight is 345 g/mol.